The smallest absolute Gasteiger partial charge is 0.268 e. The minimum atomic E-state index is -0.618. The van der Waals surface area contributed by atoms with Crippen molar-refractivity contribution in [3.8, 4) is 5.75 Å². The maximum absolute atomic E-state index is 12.4. The predicted molar refractivity (Wildman–Crippen MR) is 99.4 cm³/mol. The summed E-state index contributed by atoms with van der Waals surface area (Å²) in [5, 5.41) is 2.81. The lowest BCUT2D eigenvalue weighted by atomic mass is 10.2. The Bertz CT molecular complexity index is 810. The molecule has 1 aliphatic rings. The predicted octanol–water partition coefficient (Wildman–Crippen LogP) is 3.96. The van der Waals surface area contributed by atoms with Gasteiger partial charge in [-0.1, -0.05) is 28.1 Å². The van der Waals surface area contributed by atoms with E-state index in [1.54, 1.807) is 25.1 Å². The van der Waals surface area contributed by atoms with Crippen LogP contribution in [0.25, 0.3) is 0 Å². The molecule has 2 aromatic rings. The number of para-hydroxylation sites is 2. The quantitative estimate of drug-likeness (QED) is 0.764. The van der Waals surface area contributed by atoms with Crippen molar-refractivity contribution in [2.75, 3.05) is 16.8 Å². The van der Waals surface area contributed by atoms with Crippen molar-refractivity contribution in [2.24, 2.45) is 0 Å². The number of nitrogens with zero attached hydrogens (tertiary/aromatic N) is 1. The van der Waals surface area contributed by atoms with Crippen LogP contribution in [-0.2, 0) is 9.59 Å². The first-order valence-corrected chi connectivity index (χ1v) is 8.86. The van der Waals surface area contributed by atoms with Crippen LogP contribution >= 0.6 is 31.9 Å². The van der Waals surface area contributed by atoms with Crippen molar-refractivity contribution in [3.05, 3.63) is 51.4 Å². The molecular weight excluding hydrogens is 440 g/mol. The number of nitrogens with one attached hydrogen (secondary N) is 1. The van der Waals surface area contributed by atoms with Gasteiger partial charge in [0.25, 0.3) is 5.91 Å². The topological polar surface area (TPSA) is 58.6 Å². The molecule has 0 fully saturated rings. The Balaban J connectivity index is 1.79. The molecule has 5 nitrogen and oxygen atoms in total. The van der Waals surface area contributed by atoms with Crippen LogP contribution in [0.1, 0.15) is 6.92 Å². The number of hydrogen-bond acceptors (Lipinski definition) is 3. The highest BCUT2D eigenvalue weighted by Gasteiger charge is 2.32. The molecule has 7 heteroatoms. The van der Waals surface area contributed by atoms with E-state index in [1.165, 1.54) is 4.90 Å². The lowest BCUT2D eigenvalue weighted by Gasteiger charge is -2.32. The summed E-state index contributed by atoms with van der Waals surface area (Å²) in [7, 11) is 0. The molecular formula is C17H14Br2N2O3. The summed E-state index contributed by atoms with van der Waals surface area (Å²) in [6, 6.07) is 12.6. The van der Waals surface area contributed by atoms with Crippen LogP contribution in [-0.4, -0.2) is 24.5 Å². The molecule has 3 rings (SSSR count). The van der Waals surface area contributed by atoms with Crippen LogP contribution in [0.15, 0.2) is 51.4 Å². The molecule has 0 radical (unpaired) electrons. The fraction of sp³-hybridized carbons (Fsp3) is 0.176. The third-order valence-electron chi connectivity index (χ3n) is 3.58. The first-order chi connectivity index (χ1) is 11.5. The highest BCUT2D eigenvalue weighted by molar-refractivity contribution is 9.11. The summed E-state index contributed by atoms with van der Waals surface area (Å²) in [6.07, 6.45) is -0.618. The Kier molecular flexibility index (Phi) is 4.91. The molecule has 24 heavy (non-hydrogen) atoms. The summed E-state index contributed by atoms with van der Waals surface area (Å²) in [5.74, 6) is 0.0798. The second kappa shape index (κ2) is 6.94. The molecule has 0 bridgehead atoms. The number of halogens is 2. The number of amides is 2. The molecule has 0 saturated heterocycles. The van der Waals surface area contributed by atoms with Crippen LogP contribution in [0, 0.1) is 0 Å². The van der Waals surface area contributed by atoms with Crippen LogP contribution in [0.3, 0.4) is 0 Å². The van der Waals surface area contributed by atoms with Gasteiger partial charge >= 0.3 is 0 Å². The van der Waals surface area contributed by atoms with Gasteiger partial charge in [0.1, 0.15) is 12.3 Å². The maximum atomic E-state index is 12.4. The van der Waals surface area contributed by atoms with E-state index >= 15 is 0 Å². The summed E-state index contributed by atoms with van der Waals surface area (Å²) in [5.41, 5.74) is 1.25. The normalized spacial score (nSPS) is 16.4. The molecule has 0 aliphatic carbocycles. The monoisotopic (exact) mass is 452 g/mol. The van der Waals surface area contributed by atoms with Crippen LogP contribution in [0.2, 0.25) is 0 Å². The van der Waals surface area contributed by atoms with Crippen LogP contribution in [0.4, 0.5) is 11.4 Å². The van der Waals surface area contributed by atoms with Gasteiger partial charge in [-0.25, -0.2) is 0 Å². The first kappa shape index (κ1) is 17.0. The van der Waals surface area contributed by atoms with E-state index in [4.69, 9.17) is 4.74 Å². The molecule has 0 saturated carbocycles. The van der Waals surface area contributed by atoms with Gasteiger partial charge in [-0.05, 0) is 53.2 Å². The largest absolute Gasteiger partial charge is 0.479 e. The van der Waals surface area contributed by atoms with Gasteiger partial charge in [-0.15, -0.1) is 0 Å². The average molecular weight is 454 g/mol. The molecule has 1 N–H and O–H groups in total. The number of anilines is 2. The van der Waals surface area contributed by atoms with E-state index in [2.05, 4.69) is 37.2 Å². The minimum Gasteiger partial charge on any atom is -0.479 e. The van der Waals surface area contributed by atoms with Crippen molar-refractivity contribution >= 4 is 55.0 Å². The SMILES string of the molecule is CC1Oc2ccccc2N(CC(=O)Nc2ccc(Br)cc2Br)C1=O. The number of benzene rings is 2. The Hall–Kier alpha value is -1.86. The number of hydrogen-bond donors (Lipinski definition) is 1. The van der Waals surface area contributed by atoms with Crippen molar-refractivity contribution < 1.29 is 14.3 Å². The number of fused-ring (bicyclic) bond motifs is 1. The number of carbonyl (C=O) groups is 2. The first-order valence-electron chi connectivity index (χ1n) is 7.27. The van der Waals surface area contributed by atoms with Crippen molar-refractivity contribution in [3.63, 3.8) is 0 Å². The summed E-state index contributed by atoms with van der Waals surface area (Å²) >= 11 is 6.77. The van der Waals surface area contributed by atoms with Gasteiger partial charge in [0.2, 0.25) is 5.91 Å². The molecule has 124 valence electrons. The lowest BCUT2D eigenvalue weighted by molar-refractivity contribution is -0.127. The van der Waals surface area contributed by atoms with Crippen LogP contribution < -0.4 is 15.0 Å². The van der Waals surface area contributed by atoms with E-state index in [9.17, 15) is 9.59 Å². The molecule has 1 atom stereocenters. The Morgan fingerprint density at radius 2 is 2.00 bits per heavy atom. The van der Waals surface area contributed by atoms with Gasteiger partial charge in [0.05, 0.1) is 11.4 Å². The second-order valence-corrected chi connectivity index (χ2v) is 7.09. The zero-order valence-corrected chi connectivity index (χ0v) is 15.9. The zero-order chi connectivity index (χ0) is 17.3. The fourth-order valence-electron chi connectivity index (χ4n) is 2.45. The fourth-order valence-corrected chi connectivity index (χ4v) is 3.59. The standard InChI is InChI=1S/C17H14Br2N2O3/c1-10-17(23)21(14-4-2-3-5-15(14)24-10)9-16(22)20-13-7-6-11(18)8-12(13)19/h2-8,10H,9H2,1H3,(H,20,22). The highest BCUT2D eigenvalue weighted by atomic mass is 79.9. The molecule has 1 heterocycles. The molecule has 0 aromatic heterocycles. The number of carbonyl (C=O) groups excluding carboxylic acids is 2. The summed E-state index contributed by atoms with van der Waals surface area (Å²) in [6.45, 7) is 1.60. The van der Waals surface area contributed by atoms with Gasteiger partial charge in [-0.2, -0.15) is 0 Å². The Labute approximate surface area is 156 Å². The lowest BCUT2D eigenvalue weighted by Crippen LogP contribution is -2.47. The summed E-state index contributed by atoms with van der Waals surface area (Å²) < 4.78 is 7.23. The van der Waals surface area contributed by atoms with Gasteiger partial charge in [-0.3, -0.25) is 14.5 Å². The van der Waals surface area contributed by atoms with Gasteiger partial charge in [0.15, 0.2) is 6.10 Å². The third kappa shape index (κ3) is 3.47. The third-order valence-corrected chi connectivity index (χ3v) is 4.73. The average Bonchev–Trinajstić information content (AvgIpc) is 2.54. The van der Waals surface area contributed by atoms with Crippen molar-refractivity contribution in [2.45, 2.75) is 13.0 Å². The van der Waals surface area contributed by atoms with E-state index < -0.39 is 6.10 Å². The number of rotatable bonds is 3. The Morgan fingerprint density at radius 3 is 2.75 bits per heavy atom. The molecule has 2 amide bonds. The van der Waals surface area contributed by atoms with Crippen LogP contribution in [0.5, 0.6) is 5.75 Å². The Morgan fingerprint density at radius 1 is 1.25 bits per heavy atom. The second-order valence-electron chi connectivity index (χ2n) is 5.32. The number of ether oxygens (including phenoxy) is 1. The summed E-state index contributed by atoms with van der Waals surface area (Å²) in [4.78, 5) is 26.2. The molecule has 0 spiro atoms. The molecule has 1 unspecified atom stereocenters. The molecule has 1 aliphatic heterocycles. The van der Waals surface area contributed by atoms with E-state index in [0.29, 0.717) is 17.1 Å². The minimum absolute atomic E-state index is 0.0773. The van der Waals surface area contributed by atoms with E-state index in [-0.39, 0.29) is 18.4 Å². The van der Waals surface area contributed by atoms with Crippen molar-refractivity contribution in [1.82, 2.24) is 0 Å². The molecule has 2 aromatic carbocycles. The van der Waals surface area contributed by atoms with Gasteiger partial charge in [0, 0.05) is 8.95 Å². The van der Waals surface area contributed by atoms with Gasteiger partial charge < -0.3 is 10.1 Å². The zero-order valence-electron chi connectivity index (χ0n) is 12.8. The maximum Gasteiger partial charge on any atom is 0.268 e. The van der Waals surface area contributed by atoms with Crippen molar-refractivity contribution in [1.29, 1.82) is 0 Å². The highest BCUT2D eigenvalue weighted by Crippen LogP contribution is 2.33. The van der Waals surface area contributed by atoms with E-state index in [0.717, 1.165) is 8.95 Å². The van der Waals surface area contributed by atoms with E-state index in [1.807, 2.05) is 24.3 Å².